The van der Waals surface area contributed by atoms with Crippen LogP contribution in [0.4, 0.5) is 0 Å². The molecule has 116 valence electrons. The molecular weight excluding hydrogens is 300 g/mol. The molecule has 0 bridgehead atoms. The largest absolute Gasteiger partial charge is 0.342 e. The summed E-state index contributed by atoms with van der Waals surface area (Å²) in [7, 11) is 0. The highest BCUT2D eigenvalue weighted by Crippen LogP contribution is 2.28. The number of thiophene rings is 1. The summed E-state index contributed by atoms with van der Waals surface area (Å²) in [6, 6.07) is 3.96. The van der Waals surface area contributed by atoms with E-state index in [1.807, 2.05) is 22.4 Å². The van der Waals surface area contributed by atoms with Crippen LogP contribution >= 0.6 is 11.3 Å². The summed E-state index contributed by atoms with van der Waals surface area (Å²) in [5.74, 6) is 1.86. The van der Waals surface area contributed by atoms with Gasteiger partial charge in [0, 0.05) is 26.2 Å². The molecule has 22 heavy (non-hydrogen) atoms. The molecule has 0 spiro atoms. The fraction of sp³-hybridized carbons (Fsp3) is 0.533. The molecule has 4 rings (SSSR count). The van der Waals surface area contributed by atoms with Crippen molar-refractivity contribution in [2.24, 2.45) is 0 Å². The molecule has 2 aromatic heterocycles. The van der Waals surface area contributed by atoms with Gasteiger partial charge in [-0.1, -0.05) is 11.2 Å². The summed E-state index contributed by atoms with van der Waals surface area (Å²) in [4.78, 5) is 21.7. The second kappa shape index (κ2) is 5.81. The molecule has 0 aromatic carbocycles. The van der Waals surface area contributed by atoms with Gasteiger partial charge in [-0.25, -0.2) is 0 Å². The van der Waals surface area contributed by atoms with Crippen LogP contribution in [-0.4, -0.2) is 58.6 Å². The van der Waals surface area contributed by atoms with Crippen LogP contribution in [0.15, 0.2) is 22.0 Å². The molecule has 2 aliphatic heterocycles. The number of amides is 1. The minimum absolute atomic E-state index is 0.251. The highest BCUT2D eigenvalue weighted by Gasteiger charge is 2.34. The second-order valence-electron chi connectivity index (χ2n) is 5.91. The monoisotopic (exact) mass is 318 g/mol. The molecule has 1 amide bonds. The van der Waals surface area contributed by atoms with Crippen molar-refractivity contribution >= 4 is 17.2 Å². The SMILES string of the molecule is O=C(CN1CC(c2nc(-c3cccs3)no2)C1)N1CCCC1. The molecule has 6 nitrogen and oxygen atoms in total. The molecule has 0 N–H and O–H groups in total. The molecule has 2 saturated heterocycles. The minimum Gasteiger partial charge on any atom is -0.342 e. The van der Waals surface area contributed by atoms with Crippen LogP contribution in [0.25, 0.3) is 10.7 Å². The van der Waals surface area contributed by atoms with Crippen molar-refractivity contribution in [1.82, 2.24) is 19.9 Å². The number of hydrogen-bond donors (Lipinski definition) is 0. The van der Waals surface area contributed by atoms with Crippen molar-refractivity contribution in [2.45, 2.75) is 18.8 Å². The number of carbonyl (C=O) groups is 1. The van der Waals surface area contributed by atoms with Gasteiger partial charge in [0.05, 0.1) is 17.3 Å². The number of nitrogens with zero attached hydrogens (tertiary/aromatic N) is 4. The first kappa shape index (κ1) is 13.9. The molecule has 7 heteroatoms. The number of rotatable bonds is 4. The van der Waals surface area contributed by atoms with Crippen molar-refractivity contribution in [3.05, 3.63) is 23.4 Å². The van der Waals surface area contributed by atoms with Gasteiger partial charge < -0.3 is 9.42 Å². The van der Waals surface area contributed by atoms with Gasteiger partial charge in [0.1, 0.15) is 0 Å². The van der Waals surface area contributed by atoms with Gasteiger partial charge >= 0.3 is 0 Å². The Hall–Kier alpha value is -1.73. The standard InChI is InChI=1S/C15H18N4O2S/c20-13(19-5-1-2-6-19)10-18-8-11(9-18)15-16-14(17-21-15)12-4-3-7-22-12/h3-4,7,11H,1-2,5-6,8-10H2. The molecule has 2 fully saturated rings. The Kier molecular flexibility index (Phi) is 3.67. The average Bonchev–Trinajstić information content (AvgIpc) is 3.23. The second-order valence-corrected chi connectivity index (χ2v) is 6.86. The van der Waals surface area contributed by atoms with Crippen LogP contribution in [-0.2, 0) is 4.79 Å². The Bertz CT molecular complexity index is 642. The van der Waals surface area contributed by atoms with E-state index in [4.69, 9.17) is 4.52 Å². The van der Waals surface area contributed by atoms with E-state index in [-0.39, 0.29) is 11.8 Å². The summed E-state index contributed by atoms with van der Waals surface area (Å²) in [5.41, 5.74) is 0. The summed E-state index contributed by atoms with van der Waals surface area (Å²) in [6.07, 6.45) is 2.28. The van der Waals surface area contributed by atoms with Crippen molar-refractivity contribution in [3.8, 4) is 10.7 Å². The third-order valence-electron chi connectivity index (χ3n) is 4.31. The molecule has 2 aromatic rings. The summed E-state index contributed by atoms with van der Waals surface area (Å²) < 4.78 is 5.37. The van der Waals surface area contributed by atoms with E-state index in [0.29, 0.717) is 18.3 Å². The topological polar surface area (TPSA) is 62.5 Å². The molecule has 0 atom stereocenters. The lowest BCUT2D eigenvalue weighted by Crippen LogP contribution is -2.50. The normalized spacial score (nSPS) is 19.5. The fourth-order valence-electron chi connectivity index (χ4n) is 3.02. The average molecular weight is 318 g/mol. The van der Waals surface area contributed by atoms with Gasteiger partial charge in [0.2, 0.25) is 17.6 Å². The first-order valence-corrected chi connectivity index (χ1v) is 8.55. The highest BCUT2D eigenvalue weighted by atomic mass is 32.1. The van der Waals surface area contributed by atoms with E-state index < -0.39 is 0 Å². The van der Waals surface area contributed by atoms with Crippen LogP contribution in [0.3, 0.4) is 0 Å². The molecule has 0 radical (unpaired) electrons. The zero-order valence-electron chi connectivity index (χ0n) is 12.3. The number of aromatic nitrogens is 2. The molecular formula is C15H18N4O2S. The van der Waals surface area contributed by atoms with Crippen molar-refractivity contribution < 1.29 is 9.32 Å². The Morgan fingerprint density at radius 1 is 1.36 bits per heavy atom. The van der Waals surface area contributed by atoms with Gasteiger partial charge in [-0.05, 0) is 24.3 Å². The summed E-state index contributed by atoms with van der Waals surface area (Å²) in [5, 5.41) is 6.04. The molecule has 0 saturated carbocycles. The van der Waals surface area contributed by atoms with Gasteiger partial charge in [-0.3, -0.25) is 9.69 Å². The van der Waals surface area contributed by atoms with Crippen molar-refractivity contribution in [2.75, 3.05) is 32.7 Å². The van der Waals surface area contributed by atoms with Gasteiger partial charge in [0.25, 0.3) is 0 Å². The summed E-state index contributed by atoms with van der Waals surface area (Å²) >= 11 is 1.60. The third kappa shape index (κ3) is 2.66. The molecule has 0 aliphatic carbocycles. The fourth-order valence-corrected chi connectivity index (χ4v) is 3.67. The van der Waals surface area contributed by atoms with E-state index in [2.05, 4.69) is 15.0 Å². The quantitative estimate of drug-likeness (QED) is 0.860. The van der Waals surface area contributed by atoms with E-state index in [0.717, 1.165) is 43.9 Å². The van der Waals surface area contributed by atoms with Crippen molar-refractivity contribution in [1.29, 1.82) is 0 Å². The maximum Gasteiger partial charge on any atom is 0.236 e. The number of carbonyl (C=O) groups excluding carboxylic acids is 1. The summed E-state index contributed by atoms with van der Waals surface area (Å²) in [6.45, 7) is 4.01. The first-order valence-electron chi connectivity index (χ1n) is 7.67. The zero-order chi connectivity index (χ0) is 14.9. The Morgan fingerprint density at radius 3 is 2.91 bits per heavy atom. The molecule has 0 unspecified atom stereocenters. The number of likely N-dealkylation sites (tertiary alicyclic amines) is 2. The van der Waals surface area contributed by atoms with Crippen LogP contribution < -0.4 is 0 Å². The lowest BCUT2D eigenvalue weighted by Gasteiger charge is -2.37. The van der Waals surface area contributed by atoms with E-state index in [1.165, 1.54) is 0 Å². The van der Waals surface area contributed by atoms with Gasteiger partial charge in [0.15, 0.2) is 0 Å². The third-order valence-corrected chi connectivity index (χ3v) is 5.17. The Labute approximate surface area is 132 Å². The van der Waals surface area contributed by atoms with E-state index >= 15 is 0 Å². The Balaban J connectivity index is 1.31. The van der Waals surface area contributed by atoms with Gasteiger partial charge in [-0.2, -0.15) is 4.98 Å². The van der Waals surface area contributed by atoms with Gasteiger partial charge in [-0.15, -0.1) is 11.3 Å². The number of hydrogen-bond acceptors (Lipinski definition) is 6. The first-order chi connectivity index (χ1) is 10.8. The lowest BCUT2D eigenvalue weighted by atomic mass is 10.0. The van der Waals surface area contributed by atoms with Crippen LogP contribution in [0, 0.1) is 0 Å². The molecule has 2 aliphatic rings. The minimum atomic E-state index is 0.251. The smallest absolute Gasteiger partial charge is 0.236 e. The van der Waals surface area contributed by atoms with Crippen molar-refractivity contribution in [3.63, 3.8) is 0 Å². The predicted octanol–water partition coefficient (Wildman–Crippen LogP) is 1.82. The van der Waals surface area contributed by atoms with Crippen LogP contribution in [0.2, 0.25) is 0 Å². The molecule has 4 heterocycles. The highest BCUT2D eigenvalue weighted by molar-refractivity contribution is 7.13. The van der Waals surface area contributed by atoms with E-state index in [9.17, 15) is 4.79 Å². The Morgan fingerprint density at radius 2 is 2.18 bits per heavy atom. The maximum atomic E-state index is 12.1. The lowest BCUT2D eigenvalue weighted by molar-refractivity contribution is -0.132. The van der Waals surface area contributed by atoms with Crippen LogP contribution in [0.5, 0.6) is 0 Å². The van der Waals surface area contributed by atoms with Crippen LogP contribution in [0.1, 0.15) is 24.7 Å². The zero-order valence-corrected chi connectivity index (χ0v) is 13.1. The van der Waals surface area contributed by atoms with E-state index in [1.54, 1.807) is 11.3 Å². The predicted molar refractivity (Wildman–Crippen MR) is 82.6 cm³/mol. The maximum absolute atomic E-state index is 12.1.